The Kier molecular flexibility index (Phi) is 5.30. The average Bonchev–Trinajstić information content (AvgIpc) is 2.62. The maximum atomic E-state index is 12.4. The number of nitro benzene ring substituents is 1. The summed E-state index contributed by atoms with van der Waals surface area (Å²) in [5.41, 5.74) is 1.34. The van der Waals surface area contributed by atoms with Gasteiger partial charge in [-0.15, -0.1) is 0 Å². The monoisotopic (exact) mass is 405 g/mol. The third kappa shape index (κ3) is 3.97. The zero-order chi connectivity index (χ0) is 17.8. The number of carbonyl (C=O) groups excluding carboxylic acids is 1. The summed E-state index contributed by atoms with van der Waals surface area (Å²) in [6, 6.07) is 11.7. The molecule has 0 atom stereocenters. The molecule has 2 aromatic carbocycles. The van der Waals surface area contributed by atoms with Crippen molar-refractivity contribution in [2.75, 3.05) is 36.5 Å². The molecule has 0 spiro atoms. The number of morpholine rings is 1. The van der Waals surface area contributed by atoms with Crippen LogP contribution in [0.15, 0.2) is 46.9 Å². The number of nitrogens with zero attached hydrogens (tertiary/aromatic N) is 2. The predicted molar refractivity (Wildman–Crippen MR) is 98.2 cm³/mol. The number of ether oxygens (including phenoxy) is 1. The maximum absolute atomic E-state index is 12.4. The van der Waals surface area contributed by atoms with E-state index in [2.05, 4.69) is 21.2 Å². The number of nitrogens with one attached hydrogen (secondary N) is 1. The zero-order valence-electron chi connectivity index (χ0n) is 13.3. The largest absolute Gasteiger partial charge is 0.378 e. The molecule has 0 aromatic heterocycles. The molecule has 1 amide bonds. The first kappa shape index (κ1) is 17.4. The van der Waals surface area contributed by atoms with Crippen molar-refractivity contribution in [2.45, 2.75) is 0 Å². The molecule has 3 rings (SSSR count). The molecule has 1 saturated heterocycles. The molecule has 1 aliphatic heterocycles. The van der Waals surface area contributed by atoms with E-state index in [-0.39, 0.29) is 11.6 Å². The van der Waals surface area contributed by atoms with Crippen molar-refractivity contribution in [1.82, 2.24) is 0 Å². The fourth-order valence-electron chi connectivity index (χ4n) is 2.66. The summed E-state index contributed by atoms with van der Waals surface area (Å²) in [7, 11) is 0. The first-order valence-electron chi connectivity index (χ1n) is 7.73. The van der Waals surface area contributed by atoms with Crippen molar-refractivity contribution in [2.24, 2.45) is 0 Å². The lowest BCUT2D eigenvalue weighted by Crippen LogP contribution is -2.36. The molecule has 0 bridgehead atoms. The van der Waals surface area contributed by atoms with Crippen LogP contribution in [0.4, 0.5) is 17.1 Å². The van der Waals surface area contributed by atoms with Crippen LogP contribution >= 0.6 is 15.9 Å². The van der Waals surface area contributed by atoms with Gasteiger partial charge < -0.3 is 15.0 Å². The summed E-state index contributed by atoms with van der Waals surface area (Å²) < 4.78 is 5.94. The molecule has 1 fully saturated rings. The van der Waals surface area contributed by atoms with Crippen LogP contribution in [0.1, 0.15) is 10.4 Å². The zero-order valence-corrected chi connectivity index (χ0v) is 14.9. The Morgan fingerprint density at radius 1 is 1.20 bits per heavy atom. The standard InChI is InChI=1S/C17H16BrN3O4/c18-14-4-2-1-3-13(14)17(22)19-12-5-6-15(16(11-12)21(23)24)20-7-9-25-10-8-20/h1-6,11H,7-10H2,(H,19,22). The van der Waals surface area contributed by atoms with Crippen LogP contribution in [0.3, 0.4) is 0 Å². The predicted octanol–water partition coefficient (Wildman–Crippen LogP) is 3.45. The number of benzene rings is 2. The van der Waals surface area contributed by atoms with Gasteiger partial charge in [0.25, 0.3) is 11.6 Å². The van der Waals surface area contributed by atoms with Crippen molar-refractivity contribution in [3.8, 4) is 0 Å². The lowest BCUT2D eigenvalue weighted by Gasteiger charge is -2.28. The fraction of sp³-hybridized carbons (Fsp3) is 0.235. The molecule has 1 heterocycles. The molecule has 130 valence electrons. The minimum absolute atomic E-state index is 0.0353. The van der Waals surface area contributed by atoms with Crippen LogP contribution in [0, 0.1) is 10.1 Å². The number of hydrogen-bond donors (Lipinski definition) is 1. The summed E-state index contributed by atoms with van der Waals surface area (Å²) >= 11 is 3.32. The SMILES string of the molecule is O=C(Nc1ccc(N2CCOCC2)c([N+](=O)[O-])c1)c1ccccc1Br. The summed E-state index contributed by atoms with van der Waals surface area (Å²) in [5, 5.41) is 14.2. The second-order valence-electron chi connectivity index (χ2n) is 5.49. The number of hydrogen-bond acceptors (Lipinski definition) is 5. The van der Waals surface area contributed by atoms with Crippen molar-refractivity contribution >= 4 is 38.9 Å². The third-order valence-corrected chi connectivity index (χ3v) is 4.59. The average molecular weight is 406 g/mol. The van der Waals surface area contributed by atoms with Gasteiger partial charge in [-0.2, -0.15) is 0 Å². The Hall–Kier alpha value is -2.45. The van der Waals surface area contributed by atoms with Gasteiger partial charge in [-0.1, -0.05) is 12.1 Å². The van der Waals surface area contributed by atoms with Gasteiger partial charge in [0.2, 0.25) is 0 Å². The molecular formula is C17H16BrN3O4. The van der Waals surface area contributed by atoms with Crippen molar-refractivity contribution in [3.05, 3.63) is 62.6 Å². The Morgan fingerprint density at radius 3 is 2.60 bits per heavy atom. The summed E-state index contributed by atoms with van der Waals surface area (Å²) in [4.78, 5) is 25.3. The highest BCUT2D eigenvalue weighted by Crippen LogP contribution is 2.32. The van der Waals surface area contributed by atoms with E-state index in [9.17, 15) is 14.9 Å². The molecule has 1 aliphatic rings. The van der Waals surface area contributed by atoms with E-state index in [1.807, 2.05) is 11.0 Å². The van der Waals surface area contributed by atoms with E-state index in [1.54, 1.807) is 30.3 Å². The Bertz CT molecular complexity index is 806. The second kappa shape index (κ2) is 7.62. The van der Waals surface area contributed by atoms with Gasteiger partial charge in [0, 0.05) is 29.3 Å². The molecule has 0 radical (unpaired) electrons. The summed E-state index contributed by atoms with van der Waals surface area (Å²) in [5.74, 6) is -0.333. The topological polar surface area (TPSA) is 84.7 Å². The van der Waals surface area contributed by atoms with Gasteiger partial charge in [-0.05, 0) is 40.2 Å². The number of nitro groups is 1. The lowest BCUT2D eigenvalue weighted by molar-refractivity contribution is -0.384. The first-order chi connectivity index (χ1) is 12.1. The van der Waals surface area contributed by atoms with Gasteiger partial charge in [-0.25, -0.2) is 0 Å². The molecule has 1 N–H and O–H groups in total. The van der Waals surface area contributed by atoms with Crippen LogP contribution in [0.2, 0.25) is 0 Å². The van der Waals surface area contributed by atoms with Crippen LogP contribution in [-0.4, -0.2) is 37.1 Å². The van der Waals surface area contributed by atoms with Gasteiger partial charge >= 0.3 is 0 Å². The first-order valence-corrected chi connectivity index (χ1v) is 8.52. The van der Waals surface area contributed by atoms with Crippen LogP contribution in [0.25, 0.3) is 0 Å². The fourth-order valence-corrected chi connectivity index (χ4v) is 3.13. The highest BCUT2D eigenvalue weighted by atomic mass is 79.9. The number of carbonyl (C=O) groups is 1. The van der Waals surface area contributed by atoms with E-state index in [4.69, 9.17) is 4.74 Å². The highest BCUT2D eigenvalue weighted by Gasteiger charge is 2.22. The number of rotatable bonds is 4. The molecule has 0 aliphatic carbocycles. The van der Waals surface area contributed by atoms with Crippen LogP contribution in [-0.2, 0) is 4.74 Å². The smallest absolute Gasteiger partial charge is 0.294 e. The second-order valence-corrected chi connectivity index (χ2v) is 6.35. The highest BCUT2D eigenvalue weighted by molar-refractivity contribution is 9.10. The maximum Gasteiger partial charge on any atom is 0.294 e. The molecule has 25 heavy (non-hydrogen) atoms. The molecule has 0 saturated carbocycles. The molecule has 0 unspecified atom stereocenters. The molecule has 7 nitrogen and oxygen atoms in total. The molecule has 2 aromatic rings. The summed E-state index contributed by atoms with van der Waals surface area (Å²) in [6.07, 6.45) is 0. The van der Waals surface area contributed by atoms with Gasteiger partial charge in [-0.3, -0.25) is 14.9 Å². The normalized spacial score (nSPS) is 14.2. The van der Waals surface area contributed by atoms with E-state index >= 15 is 0 Å². The van der Waals surface area contributed by atoms with Crippen molar-refractivity contribution in [1.29, 1.82) is 0 Å². The van der Waals surface area contributed by atoms with E-state index < -0.39 is 4.92 Å². The van der Waals surface area contributed by atoms with Crippen LogP contribution < -0.4 is 10.2 Å². The van der Waals surface area contributed by atoms with E-state index in [0.717, 1.165) is 0 Å². The van der Waals surface area contributed by atoms with Crippen LogP contribution in [0.5, 0.6) is 0 Å². The number of amides is 1. The van der Waals surface area contributed by atoms with Gasteiger partial charge in [0.05, 0.1) is 23.7 Å². The third-order valence-electron chi connectivity index (χ3n) is 3.90. The van der Waals surface area contributed by atoms with E-state index in [1.165, 1.54) is 6.07 Å². The van der Waals surface area contributed by atoms with Gasteiger partial charge in [0.15, 0.2) is 0 Å². The quantitative estimate of drug-likeness (QED) is 0.621. The minimum Gasteiger partial charge on any atom is -0.378 e. The Labute approximate surface area is 152 Å². The lowest BCUT2D eigenvalue weighted by atomic mass is 10.2. The molecule has 8 heteroatoms. The summed E-state index contributed by atoms with van der Waals surface area (Å²) in [6.45, 7) is 2.28. The minimum atomic E-state index is -0.432. The Balaban J connectivity index is 1.85. The van der Waals surface area contributed by atoms with Gasteiger partial charge in [0.1, 0.15) is 5.69 Å². The molecular weight excluding hydrogens is 390 g/mol. The van der Waals surface area contributed by atoms with Crippen molar-refractivity contribution < 1.29 is 14.5 Å². The van der Waals surface area contributed by atoms with Crippen molar-refractivity contribution in [3.63, 3.8) is 0 Å². The van der Waals surface area contributed by atoms with E-state index in [0.29, 0.717) is 47.7 Å². The number of halogens is 1. The Morgan fingerprint density at radius 2 is 1.92 bits per heavy atom. The number of anilines is 2.